The van der Waals surface area contributed by atoms with Gasteiger partial charge in [-0.2, -0.15) is 0 Å². The van der Waals surface area contributed by atoms with Crippen molar-refractivity contribution in [3.05, 3.63) is 29.6 Å². The van der Waals surface area contributed by atoms with Gasteiger partial charge in [-0.05, 0) is 25.0 Å². The summed E-state index contributed by atoms with van der Waals surface area (Å²) in [5.41, 5.74) is 1.28. The fraction of sp³-hybridized carbons (Fsp3) is 0.500. The number of rotatable bonds is 3. The van der Waals surface area contributed by atoms with Crippen LogP contribution >= 0.6 is 0 Å². The minimum atomic E-state index is -0.142. The minimum absolute atomic E-state index is 0.142. The number of benzene rings is 1. The summed E-state index contributed by atoms with van der Waals surface area (Å²) in [4.78, 5) is 0. The summed E-state index contributed by atoms with van der Waals surface area (Å²) in [5.74, 6) is 0.376. The lowest BCUT2D eigenvalue weighted by Gasteiger charge is -2.12. The van der Waals surface area contributed by atoms with Crippen molar-refractivity contribution in [1.29, 1.82) is 0 Å². The maximum atomic E-state index is 13.6. The van der Waals surface area contributed by atoms with Gasteiger partial charge < -0.3 is 10.1 Å². The maximum Gasteiger partial charge on any atom is 0.149 e. The Balaban J connectivity index is 1.95. The first kappa shape index (κ1) is 10.4. The lowest BCUT2D eigenvalue weighted by Crippen LogP contribution is -2.15. The molecule has 0 radical (unpaired) electrons. The molecule has 0 amide bonds. The van der Waals surface area contributed by atoms with Gasteiger partial charge in [-0.25, -0.2) is 4.39 Å². The Morgan fingerprint density at radius 2 is 2.40 bits per heavy atom. The van der Waals surface area contributed by atoms with Crippen molar-refractivity contribution in [3.63, 3.8) is 0 Å². The zero-order valence-corrected chi connectivity index (χ0v) is 8.92. The molecule has 0 aromatic heterocycles. The second kappa shape index (κ2) is 4.62. The first-order valence-corrected chi connectivity index (χ1v) is 5.34. The van der Waals surface area contributed by atoms with Gasteiger partial charge in [0.05, 0.1) is 12.3 Å². The molecule has 1 unspecified atom stereocenters. The van der Waals surface area contributed by atoms with E-state index in [4.69, 9.17) is 4.74 Å². The van der Waals surface area contributed by atoms with Crippen LogP contribution in [0.1, 0.15) is 12.0 Å². The van der Waals surface area contributed by atoms with Crippen molar-refractivity contribution in [1.82, 2.24) is 0 Å². The van der Waals surface area contributed by atoms with E-state index in [2.05, 4.69) is 5.32 Å². The molecule has 1 fully saturated rings. The predicted molar refractivity (Wildman–Crippen MR) is 58.6 cm³/mol. The summed E-state index contributed by atoms with van der Waals surface area (Å²) in [6.07, 6.45) is 1.07. The van der Waals surface area contributed by atoms with Gasteiger partial charge in [0, 0.05) is 19.1 Å². The topological polar surface area (TPSA) is 21.3 Å². The average Bonchev–Trinajstić information content (AvgIpc) is 2.73. The first-order valence-electron chi connectivity index (χ1n) is 5.34. The molecule has 3 heteroatoms. The molecule has 2 nitrogen and oxygen atoms in total. The molecular weight excluding hydrogens is 193 g/mol. The van der Waals surface area contributed by atoms with E-state index in [1.54, 1.807) is 19.1 Å². The van der Waals surface area contributed by atoms with Gasteiger partial charge in [0.15, 0.2) is 0 Å². The molecule has 1 aliphatic heterocycles. The third-order valence-electron chi connectivity index (χ3n) is 2.80. The van der Waals surface area contributed by atoms with Crippen molar-refractivity contribution in [2.75, 3.05) is 25.1 Å². The summed E-state index contributed by atoms with van der Waals surface area (Å²) in [6.45, 7) is 4.20. The largest absolute Gasteiger partial charge is 0.382 e. The highest BCUT2D eigenvalue weighted by atomic mass is 19.1. The van der Waals surface area contributed by atoms with Gasteiger partial charge >= 0.3 is 0 Å². The van der Waals surface area contributed by atoms with Gasteiger partial charge in [-0.3, -0.25) is 0 Å². The molecule has 1 aliphatic rings. The van der Waals surface area contributed by atoms with E-state index in [0.717, 1.165) is 26.2 Å². The Bertz CT molecular complexity index is 334. The van der Waals surface area contributed by atoms with E-state index in [1.807, 2.05) is 6.07 Å². The van der Waals surface area contributed by atoms with Crippen LogP contribution in [0.3, 0.4) is 0 Å². The van der Waals surface area contributed by atoms with E-state index in [-0.39, 0.29) is 5.82 Å². The van der Waals surface area contributed by atoms with E-state index in [0.29, 0.717) is 17.2 Å². The zero-order valence-electron chi connectivity index (χ0n) is 8.92. The van der Waals surface area contributed by atoms with Crippen LogP contribution in [-0.2, 0) is 4.74 Å². The number of nitrogens with one attached hydrogen (secondary N) is 1. The van der Waals surface area contributed by atoms with Gasteiger partial charge in [0.2, 0.25) is 0 Å². The third kappa shape index (κ3) is 2.48. The van der Waals surface area contributed by atoms with Gasteiger partial charge in [0.1, 0.15) is 5.82 Å². The quantitative estimate of drug-likeness (QED) is 0.826. The van der Waals surface area contributed by atoms with Gasteiger partial charge in [-0.1, -0.05) is 12.1 Å². The molecule has 1 heterocycles. The molecule has 1 N–H and O–H groups in total. The lowest BCUT2D eigenvalue weighted by molar-refractivity contribution is 0.187. The van der Waals surface area contributed by atoms with Crippen LogP contribution < -0.4 is 5.32 Å². The van der Waals surface area contributed by atoms with Crippen LogP contribution in [0.15, 0.2) is 18.2 Å². The Morgan fingerprint density at radius 3 is 3.13 bits per heavy atom. The Hall–Kier alpha value is -1.09. The van der Waals surface area contributed by atoms with E-state index < -0.39 is 0 Å². The summed E-state index contributed by atoms with van der Waals surface area (Å²) in [7, 11) is 0. The molecule has 82 valence electrons. The second-order valence-corrected chi connectivity index (χ2v) is 4.05. The Morgan fingerprint density at radius 1 is 1.53 bits per heavy atom. The van der Waals surface area contributed by atoms with Crippen LogP contribution in [0, 0.1) is 18.7 Å². The van der Waals surface area contributed by atoms with Crippen molar-refractivity contribution >= 4 is 5.69 Å². The minimum Gasteiger partial charge on any atom is -0.382 e. The fourth-order valence-corrected chi connectivity index (χ4v) is 1.78. The van der Waals surface area contributed by atoms with E-state index >= 15 is 0 Å². The maximum absolute atomic E-state index is 13.6. The predicted octanol–water partition coefficient (Wildman–Crippen LogP) is 2.58. The van der Waals surface area contributed by atoms with Crippen LogP contribution in [0.4, 0.5) is 10.1 Å². The number of ether oxygens (including phenoxy) is 1. The number of hydrogen-bond donors (Lipinski definition) is 1. The van der Waals surface area contributed by atoms with Crippen LogP contribution in [0.25, 0.3) is 0 Å². The highest BCUT2D eigenvalue weighted by molar-refractivity contribution is 5.47. The zero-order chi connectivity index (χ0) is 10.7. The van der Waals surface area contributed by atoms with Crippen LogP contribution in [-0.4, -0.2) is 19.8 Å². The second-order valence-electron chi connectivity index (χ2n) is 4.05. The molecular formula is C12H16FNO. The molecule has 0 bridgehead atoms. The highest BCUT2D eigenvalue weighted by Crippen LogP contribution is 2.19. The van der Waals surface area contributed by atoms with Gasteiger partial charge in [0.25, 0.3) is 0 Å². The molecule has 2 rings (SSSR count). The van der Waals surface area contributed by atoms with Crippen molar-refractivity contribution in [3.8, 4) is 0 Å². The first-order chi connectivity index (χ1) is 7.27. The fourth-order valence-electron chi connectivity index (χ4n) is 1.78. The standard InChI is InChI=1S/C12H16FNO/c1-9-3-2-4-11(12(9)13)14-7-10-5-6-15-8-10/h2-4,10,14H,5-8H2,1H3. The average molecular weight is 209 g/mol. The molecule has 1 aromatic rings. The Labute approximate surface area is 89.4 Å². The summed E-state index contributed by atoms with van der Waals surface area (Å²) < 4.78 is 18.8. The summed E-state index contributed by atoms with van der Waals surface area (Å²) >= 11 is 0. The molecule has 1 aromatic carbocycles. The monoisotopic (exact) mass is 209 g/mol. The molecule has 1 atom stereocenters. The third-order valence-corrected chi connectivity index (χ3v) is 2.80. The normalized spacial score (nSPS) is 20.5. The number of anilines is 1. The smallest absolute Gasteiger partial charge is 0.149 e. The van der Waals surface area contributed by atoms with Crippen LogP contribution in [0.2, 0.25) is 0 Å². The molecule has 0 spiro atoms. The van der Waals surface area contributed by atoms with Crippen LogP contribution in [0.5, 0.6) is 0 Å². The lowest BCUT2D eigenvalue weighted by atomic mass is 10.1. The summed E-state index contributed by atoms with van der Waals surface area (Å²) in [5, 5.41) is 3.14. The van der Waals surface area contributed by atoms with Gasteiger partial charge in [-0.15, -0.1) is 0 Å². The SMILES string of the molecule is Cc1cccc(NCC2CCOC2)c1F. The molecule has 1 saturated heterocycles. The van der Waals surface area contributed by atoms with Crippen molar-refractivity contribution in [2.45, 2.75) is 13.3 Å². The highest BCUT2D eigenvalue weighted by Gasteiger charge is 2.15. The van der Waals surface area contributed by atoms with Crippen molar-refractivity contribution < 1.29 is 9.13 Å². The van der Waals surface area contributed by atoms with E-state index in [1.165, 1.54) is 0 Å². The Kier molecular flexibility index (Phi) is 3.21. The number of hydrogen-bond acceptors (Lipinski definition) is 2. The number of halogens is 1. The summed E-state index contributed by atoms with van der Waals surface area (Å²) in [6, 6.07) is 5.42. The molecule has 15 heavy (non-hydrogen) atoms. The van der Waals surface area contributed by atoms with E-state index in [9.17, 15) is 4.39 Å². The number of aryl methyl sites for hydroxylation is 1. The molecule has 0 aliphatic carbocycles. The molecule has 0 saturated carbocycles. The van der Waals surface area contributed by atoms with Crippen molar-refractivity contribution in [2.24, 2.45) is 5.92 Å².